The molecule has 1 atom stereocenters. The van der Waals surface area contributed by atoms with Crippen LogP contribution in [0.15, 0.2) is 0 Å². The smallest absolute Gasteiger partial charge is 0.301 e. The van der Waals surface area contributed by atoms with Crippen molar-refractivity contribution in [3.63, 3.8) is 0 Å². The Kier molecular flexibility index (Phi) is 1.90. The standard InChI is InChI=1S/C6H9F3N/c1-10-3-2-5(4-10)6(7,8)9/h4-5H,2-3H2,1H3. The summed E-state index contributed by atoms with van der Waals surface area (Å²) in [7, 11) is 1.66. The minimum absolute atomic E-state index is 0.208. The number of halogens is 3. The van der Waals surface area contributed by atoms with E-state index in [2.05, 4.69) is 0 Å². The van der Waals surface area contributed by atoms with E-state index >= 15 is 0 Å². The average molecular weight is 152 g/mol. The summed E-state index contributed by atoms with van der Waals surface area (Å²) in [4.78, 5) is 1.58. The molecule has 0 aromatic rings. The van der Waals surface area contributed by atoms with Crippen molar-refractivity contribution in [1.82, 2.24) is 4.90 Å². The molecular formula is C6H9F3N. The minimum Gasteiger partial charge on any atom is -0.301 e. The summed E-state index contributed by atoms with van der Waals surface area (Å²) in [6.07, 6.45) is -3.83. The molecule has 0 amide bonds. The molecule has 0 aliphatic carbocycles. The van der Waals surface area contributed by atoms with E-state index in [1.165, 1.54) is 6.54 Å². The van der Waals surface area contributed by atoms with Gasteiger partial charge >= 0.3 is 6.18 Å². The lowest BCUT2D eigenvalue weighted by Gasteiger charge is -2.12. The van der Waals surface area contributed by atoms with E-state index in [0.717, 1.165) is 0 Å². The Morgan fingerprint density at radius 3 is 2.30 bits per heavy atom. The maximum atomic E-state index is 11.9. The Labute approximate surface area is 57.8 Å². The summed E-state index contributed by atoms with van der Waals surface area (Å²) in [5.74, 6) is -1.21. The van der Waals surface area contributed by atoms with Gasteiger partial charge in [0.1, 0.15) is 0 Å². The first-order chi connectivity index (χ1) is 4.50. The van der Waals surface area contributed by atoms with Crippen LogP contribution < -0.4 is 0 Å². The maximum absolute atomic E-state index is 11.9. The molecule has 0 bridgehead atoms. The molecule has 1 nitrogen and oxygen atoms in total. The Bertz CT molecular complexity index is 121. The van der Waals surface area contributed by atoms with Crippen molar-refractivity contribution >= 4 is 0 Å². The lowest BCUT2D eigenvalue weighted by atomic mass is 10.1. The zero-order chi connectivity index (χ0) is 7.78. The highest BCUT2D eigenvalue weighted by molar-refractivity contribution is 4.88. The summed E-state index contributed by atoms with van der Waals surface area (Å²) in [6.45, 7) is 1.75. The van der Waals surface area contributed by atoms with Crippen molar-refractivity contribution in [3.8, 4) is 0 Å². The van der Waals surface area contributed by atoms with Crippen LogP contribution in [0, 0.1) is 12.5 Å². The summed E-state index contributed by atoms with van der Waals surface area (Å²) in [5, 5.41) is 0. The number of hydrogen-bond donors (Lipinski definition) is 0. The van der Waals surface area contributed by atoms with Gasteiger partial charge in [-0.2, -0.15) is 13.2 Å². The molecule has 4 heteroatoms. The lowest BCUT2D eigenvalue weighted by Crippen LogP contribution is -2.21. The van der Waals surface area contributed by atoms with E-state index < -0.39 is 12.1 Å². The number of nitrogens with zero attached hydrogens (tertiary/aromatic N) is 1. The molecule has 0 N–H and O–H groups in total. The second-order valence-corrected chi connectivity index (χ2v) is 2.57. The van der Waals surface area contributed by atoms with Crippen molar-refractivity contribution in [2.75, 3.05) is 13.6 Å². The molecule has 0 aromatic heterocycles. The average Bonchev–Trinajstić information content (AvgIpc) is 2.11. The van der Waals surface area contributed by atoms with Crippen LogP contribution in [-0.2, 0) is 0 Å². The SMILES string of the molecule is CN1[CH]C(C(F)(F)F)CC1. The van der Waals surface area contributed by atoms with Crippen molar-refractivity contribution in [2.24, 2.45) is 5.92 Å². The Hall–Kier alpha value is -0.250. The van der Waals surface area contributed by atoms with E-state index in [4.69, 9.17) is 0 Å². The molecule has 1 radical (unpaired) electrons. The van der Waals surface area contributed by atoms with Crippen LogP contribution in [0.3, 0.4) is 0 Å². The van der Waals surface area contributed by atoms with E-state index in [9.17, 15) is 13.2 Å². The lowest BCUT2D eigenvalue weighted by molar-refractivity contribution is -0.163. The second kappa shape index (κ2) is 2.42. The van der Waals surface area contributed by atoms with E-state index in [-0.39, 0.29) is 6.42 Å². The third-order valence-electron chi connectivity index (χ3n) is 1.65. The number of hydrogen-bond acceptors (Lipinski definition) is 1. The molecule has 1 fully saturated rings. The van der Waals surface area contributed by atoms with Gasteiger partial charge in [0, 0.05) is 6.54 Å². The first kappa shape index (κ1) is 7.85. The summed E-state index contributed by atoms with van der Waals surface area (Å²) < 4.78 is 35.6. The zero-order valence-electron chi connectivity index (χ0n) is 5.65. The van der Waals surface area contributed by atoms with Gasteiger partial charge in [-0.15, -0.1) is 0 Å². The topological polar surface area (TPSA) is 3.24 Å². The van der Waals surface area contributed by atoms with Crippen LogP contribution in [0.25, 0.3) is 0 Å². The number of rotatable bonds is 0. The fraction of sp³-hybridized carbons (Fsp3) is 0.833. The molecule has 10 heavy (non-hydrogen) atoms. The highest BCUT2D eigenvalue weighted by Crippen LogP contribution is 2.35. The number of likely N-dealkylation sites (tertiary alicyclic amines) is 1. The maximum Gasteiger partial charge on any atom is 0.393 e. The van der Waals surface area contributed by atoms with Gasteiger partial charge in [-0.25, -0.2) is 0 Å². The molecule has 1 saturated heterocycles. The van der Waals surface area contributed by atoms with Crippen molar-refractivity contribution < 1.29 is 13.2 Å². The van der Waals surface area contributed by atoms with E-state index in [1.807, 2.05) is 0 Å². The second-order valence-electron chi connectivity index (χ2n) is 2.57. The normalized spacial score (nSPS) is 29.4. The Balaban J connectivity index is 2.45. The van der Waals surface area contributed by atoms with Crippen LogP contribution in [-0.4, -0.2) is 24.7 Å². The van der Waals surface area contributed by atoms with Crippen LogP contribution >= 0.6 is 0 Å². The minimum atomic E-state index is -4.04. The van der Waals surface area contributed by atoms with Crippen molar-refractivity contribution in [1.29, 1.82) is 0 Å². The quantitative estimate of drug-likeness (QED) is 0.510. The van der Waals surface area contributed by atoms with Crippen LogP contribution in [0.2, 0.25) is 0 Å². The summed E-state index contributed by atoms with van der Waals surface area (Å²) in [5.41, 5.74) is 0. The van der Waals surface area contributed by atoms with Crippen molar-refractivity contribution in [2.45, 2.75) is 12.6 Å². The van der Waals surface area contributed by atoms with Gasteiger partial charge in [0.25, 0.3) is 0 Å². The molecule has 1 unspecified atom stereocenters. The van der Waals surface area contributed by atoms with Crippen molar-refractivity contribution in [3.05, 3.63) is 6.54 Å². The van der Waals surface area contributed by atoms with Gasteiger partial charge in [-0.05, 0) is 20.0 Å². The number of alkyl halides is 3. The first-order valence-electron chi connectivity index (χ1n) is 3.12. The molecular weight excluding hydrogens is 143 g/mol. The van der Waals surface area contributed by atoms with Gasteiger partial charge in [0.2, 0.25) is 0 Å². The Morgan fingerprint density at radius 2 is 2.10 bits per heavy atom. The zero-order valence-corrected chi connectivity index (χ0v) is 5.65. The fourth-order valence-corrected chi connectivity index (χ4v) is 1.05. The summed E-state index contributed by atoms with van der Waals surface area (Å²) in [6, 6.07) is 0. The predicted molar refractivity (Wildman–Crippen MR) is 31.1 cm³/mol. The van der Waals surface area contributed by atoms with Crippen LogP contribution in [0.1, 0.15) is 6.42 Å². The van der Waals surface area contributed by atoms with Crippen LogP contribution in [0.4, 0.5) is 13.2 Å². The first-order valence-corrected chi connectivity index (χ1v) is 3.12. The third-order valence-corrected chi connectivity index (χ3v) is 1.65. The van der Waals surface area contributed by atoms with Gasteiger partial charge < -0.3 is 4.90 Å². The highest BCUT2D eigenvalue weighted by atomic mass is 19.4. The van der Waals surface area contributed by atoms with E-state index in [1.54, 1.807) is 11.9 Å². The van der Waals surface area contributed by atoms with E-state index in [0.29, 0.717) is 6.54 Å². The Morgan fingerprint density at radius 1 is 1.50 bits per heavy atom. The van der Waals surface area contributed by atoms with Crippen LogP contribution in [0.5, 0.6) is 0 Å². The monoisotopic (exact) mass is 152 g/mol. The van der Waals surface area contributed by atoms with Gasteiger partial charge in [-0.3, -0.25) is 0 Å². The molecule has 1 heterocycles. The molecule has 0 saturated carbocycles. The van der Waals surface area contributed by atoms with Gasteiger partial charge in [-0.1, -0.05) is 0 Å². The molecule has 0 aromatic carbocycles. The molecule has 1 aliphatic heterocycles. The highest BCUT2D eigenvalue weighted by Gasteiger charge is 2.42. The fourth-order valence-electron chi connectivity index (χ4n) is 1.05. The third kappa shape index (κ3) is 1.62. The predicted octanol–water partition coefficient (Wildman–Crippen LogP) is 1.66. The molecule has 1 rings (SSSR count). The molecule has 1 aliphatic rings. The largest absolute Gasteiger partial charge is 0.393 e. The van der Waals surface area contributed by atoms with Gasteiger partial charge in [0.05, 0.1) is 5.92 Å². The molecule has 59 valence electrons. The summed E-state index contributed by atoms with van der Waals surface area (Å²) >= 11 is 0. The van der Waals surface area contributed by atoms with Gasteiger partial charge in [0.15, 0.2) is 0 Å². The molecule has 0 spiro atoms.